The number of carboxylic acids is 1. The van der Waals surface area contributed by atoms with Gasteiger partial charge in [-0.05, 0) is 18.6 Å². The number of aromatic nitrogens is 4. The van der Waals surface area contributed by atoms with Gasteiger partial charge in [0.2, 0.25) is 0 Å². The molecule has 0 atom stereocenters. The molecule has 0 aliphatic heterocycles. The fourth-order valence-corrected chi connectivity index (χ4v) is 1.44. The van der Waals surface area contributed by atoms with Gasteiger partial charge in [-0.15, -0.1) is 5.10 Å². The zero-order chi connectivity index (χ0) is 11.5. The van der Waals surface area contributed by atoms with Gasteiger partial charge in [0.25, 0.3) is 0 Å². The van der Waals surface area contributed by atoms with Crippen molar-refractivity contribution >= 4 is 5.97 Å². The Bertz CT molecular complexity index is 507. The summed E-state index contributed by atoms with van der Waals surface area (Å²) < 4.78 is 1.36. The maximum absolute atomic E-state index is 11.0. The van der Waals surface area contributed by atoms with E-state index in [2.05, 4.69) is 15.3 Å². The zero-order valence-electron chi connectivity index (χ0n) is 8.66. The lowest BCUT2D eigenvalue weighted by atomic mass is 10.2. The lowest BCUT2D eigenvalue weighted by Crippen LogP contribution is -2.12. The summed E-state index contributed by atoms with van der Waals surface area (Å²) in [7, 11) is 0. The Labute approximate surface area is 91.6 Å². The van der Waals surface area contributed by atoms with Crippen molar-refractivity contribution in [3.05, 3.63) is 41.5 Å². The molecule has 0 aromatic carbocycles. The molecule has 0 amide bonds. The number of nitrogens with zero attached hydrogens (tertiary/aromatic N) is 4. The SMILES string of the molecule is Cc1nnn(Cc2cccnc2)c1C(=O)O. The van der Waals surface area contributed by atoms with Crippen LogP contribution < -0.4 is 0 Å². The number of pyridine rings is 1. The van der Waals surface area contributed by atoms with Crippen molar-refractivity contribution in [1.82, 2.24) is 20.0 Å². The van der Waals surface area contributed by atoms with Crippen LogP contribution in [0, 0.1) is 6.92 Å². The van der Waals surface area contributed by atoms with Crippen LogP contribution in [-0.4, -0.2) is 31.1 Å². The quantitative estimate of drug-likeness (QED) is 0.821. The second kappa shape index (κ2) is 4.09. The van der Waals surface area contributed by atoms with Crippen LogP contribution in [0.15, 0.2) is 24.5 Å². The predicted molar refractivity (Wildman–Crippen MR) is 55.1 cm³/mol. The third kappa shape index (κ3) is 1.90. The predicted octanol–water partition coefficient (Wildman–Crippen LogP) is 0.728. The standard InChI is InChI=1S/C10H10N4O2/c1-7-9(10(15)16)14(13-12-7)6-8-3-2-4-11-5-8/h2-5H,6H2,1H3,(H,15,16). The number of rotatable bonds is 3. The molecule has 2 aromatic rings. The van der Waals surface area contributed by atoms with Crippen LogP contribution in [0.1, 0.15) is 21.7 Å². The molecule has 82 valence electrons. The molecule has 0 bridgehead atoms. The second-order valence-electron chi connectivity index (χ2n) is 3.35. The lowest BCUT2D eigenvalue weighted by Gasteiger charge is -2.02. The van der Waals surface area contributed by atoms with E-state index >= 15 is 0 Å². The largest absolute Gasteiger partial charge is 0.476 e. The van der Waals surface area contributed by atoms with Gasteiger partial charge in [0, 0.05) is 12.4 Å². The molecule has 0 saturated heterocycles. The van der Waals surface area contributed by atoms with Gasteiger partial charge < -0.3 is 5.11 Å². The molecule has 0 aliphatic carbocycles. The first-order valence-electron chi connectivity index (χ1n) is 4.71. The number of aromatic carboxylic acids is 1. The Kier molecular flexibility index (Phi) is 2.63. The van der Waals surface area contributed by atoms with E-state index in [4.69, 9.17) is 5.11 Å². The molecule has 2 aromatic heterocycles. The van der Waals surface area contributed by atoms with E-state index in [9.17, 15) is 4.79 Å². The van der Waals surface area contributed by atoms with E-state index in [0.29, 0.717) is 12.2 Å². The molecule has 6 heteroatoms. The number of carbonyl (C=O) groups is 1. The van der Waals surface area contributed by atoms with E-state index < -0.39 is 5.97 Å². The van der Waals surface area contributed by atoms with Crippen molar-refractivity contribution in [3.63, 3.8) is 0 Å². The summed E-state index contributed by atoms with van der Waals surface area (Å²) in [5, 5.41) is 16.5. The molecule has 0 saturated carbocycles. The molecule has 2 heterocycles. The van der Waals surface area contributed by atoms with E-state index in [0.717, 1.165) is 5.56 Å². The van der Waals surface area contributed by atoms with Gasteiger partial charge in [0.15, 0.2) is 5.69 Å². The van der Waals surface area contributed by atoms with Crippen LogP contribution >= 0.6 is 0 Å². The maximum Gasteiger partial charge on any atom is 0.356 e. The number of hydrogen-bond acceptors (Lipinski definition) is 4. The fraction of sp³-hybridized carbons (Fsp3) is 0.200. The highest BCUT2D eigenvalue weighted by Crippen LogP contribution is 2.07. The van der Waals surface area contributed by atoms with Crippen LogP contribution in [-0.2, 0) is 6.54 Å². The Morgan fingerprint density at radius 1 is 1.56 bits per heavy atom. The van der Waals surface area contributed by atoms with Gasteiger partial charge in [-0.2, -0.15) is 0 Å². The zero-order valence-corrected chi connectivity index (χ0v) is 8.66. The summed E-state index contributed by atoms with van der Waals surface area (Å²) in [4.78, 5) is 14.9. The molecule has 0 radical (unpaired) electrons. The lowest BCUT2D eigenvalue weighted by molar-refractivity contribution is 0.0683. The highest BCUT2D eigenvalue weighted by atomic mass is 16.4. The van der Waals surface area contributed by atoms with Crippen molar-refractivity contribution in [1.29, 1.82) is 0 Å². The molecule has 2 rings (SSSR count). The summed E-state index contributed by atoms with van der Waals surface area (Å²) >= 11 is 0. The number of aryl methyl sites for hydroxylation is 1. The van der Waals surface area contributed by atoms with Crippen LogP contribution in [0.3, 0.4) is 0 Å². The second-order valence-corrected chi connectivity index (χ2v) is 3.35. The number of carboxylic acid groups (broad SMARTS) is 1. The smallest absolute Gasteiger partial charge is 0.356 e. The summed E-state index contributed by atoms with van der Waals surface area (Å²) in [6, 6.07) is 3.65. The first-order chi connectivity index (χ1) is 7.68. The summed E-state index contributed by atoms with van der Waals surface area (Å²) in [5.74, 6) is -1.02. The van der Waals surface area contributed by atoms with E-state index in [-0.39, 0.29) is 5.69 Å². The molecule has 16 heavy (non-hydrogen) atoms. The van der Waals surface area contributed by atoms with Crippen LogP contribution in [0.4, 0.5) is 0 Å². The normalized spacial score (nSPS) is 10.3. The van der Waals surface area contributed by atoms with Crippen molar-refractivity contribution in [2.75, 3.05) is 0 Å². The molecular formula is C10H10N4O2. The average Bonchev–Trinajstić information content (AvgIpc) is 2.61. The molecule has 6 nitrogen and oxygen atoms in total. The molecule has 0 fully saturated rings. The fourth-order valence-electron chi connectivity index (χ4n) is 1.44. The summed E-state index contributed by atoms with van der Waals surface area (Å²) in [6.45, 7) is 1.98. The Balaban J connectivity index is 2.32. The van der Waals surface area contributed by atoms with Gasteiger partial charge in [-0.3, -0.25) is 4.98 Å². The topological polar surface area (TPSA) is 80.9 Å². The molecular weight excluding hydrogens is 208 g/mol. The Hall–Kier alpha value is -2.24. The van der Waals surface area contributed by atoms with Gasteiger partial charge in [-0.25, -0.2) is 9.48 Å². The van der Waals surface area contributed by atoms with E-state index in [1.54, 1.807) is 25.4 Å². The van der Waals surface area contributed by atoms with Crippen LogP contribution in [0.25, 0.3) is 0 Å². The van der Waals surface area contributed by atoms with Crippen molar-refractivity contribution in [2.45, 2.75) is 13.5 Å². The molecule has 0 unspecified atom stereocenters. The highest BCUT2D eigenvalue weighted by molar-refractivity contribution is 5.86. The van der Waals surface area contributed by atoms with Crippen LogP contribution in [0.5, 0.6) is 0 Å². The maximum atomic E-state index is 11.0. The highest BCUT2D eigenvalue weighted by Gasteiger charge is 2.16. The van der Waals surface area contributed by atoms with Crippen LogP contribution in [0.2, 0.25) is 0 Å². The minimum Gasteiger partial charge on any atom is -0.476 e. The van der Waals surface area contributed by atoms with Crippen molar-refractivity contribution in [2.24, 2.45) is 0 Å². The van der Waals surface area contributed by atoms with Gasteiger partial charge in [0.1, 0.15) is 0 Å². The van der Waals surface area contributed by atoms with Crippen molar-refractivity contribution in [3.8, 4) is 0 Å². The first-order valence-corrected chi connectivity index (χ1v) is 4.71. The Morgan fingerprint density at radius 3 is 3.00 bits per heavy atom. The van der Waals surface area contributed by atoms with Gasteiger partial charge in [-0.1, -0.05) is 11.3 Å². The molecule has 1 N–H and O–H groups in total. The molecule has 0 spiro atoms. The monoisotopic (exact) mass is 218 g/mol. The summed E-state index contributed by atoms with van der Waals surface area (Å²) in [6.07, 6.45) is 3.33. The average molecular weight is 218 g/mol. The third-order valence-corrected chi connectivity index (χ3v) is 2.16. The minimum atomic E-state index is -1.02. The minimum absolute atomic E-state index is 0.115. The third-order valence-electron chi connectivity index (χ3n) is 2.16. The van der Waals surface area contributed by atoms with Gasteiger partial charge >= 0.3 is 5.97 Å². The van der Waals surface area contributed by atoms with E-state index in [1.807, 2.05) is 6.07 Å². The van der Waals surface area contributed by atoms with Crippen molar-refractivity contribution < 1.29 is 9.90 Å². The summed E-state index contributed by atoms with van der Waals surface area (Å²) in [5.41, 5.74) is 1.41. The first kappa shape index (κ1) is 10.3. The molecule has 0 aliphatic rings. The number of hydrogen-bond donors (Lipinski definition) is 1. The Morgan fingerprint density at radius 2 is 2.38 bits per heavy atom. The van der Waals surface area contributed by atoms with E-state index in [1.165, 1.54) is 4.68 Å². The van der Waals surface area contributed by atoms with Gasteiger partial charge in [0.05, 0.1) is 12.2 Å².